The quantitative estimate of drug-likeness (QED) is 0.531. The maximum absolute atomic E-state index is 3.42. The van der Waals surface area contributed by atoms with Crippen molar-refractivity contribution < 1.29 is 0 Å². The third-order valence-electron chi connectivity index (χ3n) is 3.05. The molecule has 0 aromatic heterocycles. The van der Waals surface area contributed by atoms with Crippen molar-refractivity contribution in [3.63, 3.8) is 0 Å². The average molecular weight is 150 g/mol. The van der Waals surface area contributed by atoms with Crippen molar-refractivity contribution in [1.82, 2.24) is 0 Å². The van der Waals surface area contributed by atoms with Gasteiger partial charge < -0.3 is 0 Å². The third-order valence-corrected chi connectivity index (χ3v) is 3.05. The normalized spacial score (nSPS) is 20.5. The van der Waals surface area contributed by atoms with Crippen LogP contribution in [0.25, 0.3) is 0 Å². The van der Waals surface area contributed by atoms with Crippen molar-refractivity contribution in [1.29, 1.82) is 0 Å². The molecule has 0 radical (unpaired) electrons. The van der Waals surface area contributed by atoms with E-state index in [0.717, 1.165) is 6.42 Å². The Morgan fingerprint density at radius 2 is 1.64 bits per heavy atom. The molecule has 0 atom stereocenters. The predicted molar refractivity (Wildman–Crippen MR) is 49.1 cm³/mol. The van der Waals surface area contributed by atoms with Gasteiger partial charge in [-0.25, -0.2) is 0 Å². The van der Waals surface area contributed by atoms with E-state index in [1.54, 1.807) is 0 Å². The molecule has 1 rings (SSSR count). The van der Waals surface area contributed by atoms with Gasteiger partial charge in [-0.2, -0.15) is 0 Å². The van der Waals surface area contributed by atoms with Crippen LogP contribution in [0.2, 0.25) is 0 Å². The smallest absolute Gasteiger partial charge is 0.0369 e. The van der Waals surface area contributed by atoms with E-state index in [0.29, 0.717) is 17.3 Å². The van der Waals surface area contributed by atoms with Gasteiger partial charge in [-0.1, -0.05) is 33.6 Å². The van der Waals surface area contributed by atoms with Crippen molar-refractivity contribution in [2.75, 3.05) is 0 Å². The van der Waals surface area contributed by atoms with E-state index >= 15 is 0 Å². The van der Waals surface area contributed by atoms with Crippen molar-refractivity contribution in [2.45, 2.75) is 40.5 Å². The molecule has 0 fully saturated rings. The molecule has 0 saturated carbocycles. The maximum Gasteiger partial charge on any atom is 0.0369 e. The van der Waals surface area contributed by atoms with Crippen molar-refractivity contribution in [3.05, 3.63) is 0 Å². The van der Waals surface area contributed by atoms with Crippen LogP contribution in [0.4, 0.5) is 0 Å². The van der Waals surface area contributed by atoms with E-state index in [-0.39, 0.29) is 0 Å². The van der Waals surface area contributed by atoms with Gasteiger partial charge in [0.1, 0.15) is 0 Å². The number of hydrogen-bond acceptors (Lipinski definition) is 0. The fraction of sp³-hybridized carbons (Fsp3) is 0.818. The minimum atomic E-state index is 0.333. The molecule has 11 heavy (non-hydrogen) atoms. The SMILES string of the molecule is CC(C)C1(C(C)C)C#CCC1. The minimum Gasteiger partial charge on any atom is -0.103 e. The van der Waals surface area contributed by atoms with Gasteiger partial charge in [0.2, 0.25) is 0 Å². The zero-order valence-corrected chi connectivity index (χ0v) is 8.07. The zero-order valence-electron chi connectivity index (χ0n) is 8.07. The van der Waals surface area contributed by atoms with Crippen LogP contribution in [0.15, 0.2) is 0 Å². The Balaban J connectivity index is 2.83. The summed E-state index contributed by atoms with van der Waals surface area (Å²) < 4.78 is 0. The van der Waals surface area contributed by atoms with Gasteiger partial charge in [0.05, 0.1) is 0 Å². The van der Waals surface area contributed by atoms with Crippen LogP contribution >= 0.6 is 0 Å². The lowest BCUT2D eigenvalue weighted by atomic mass is 9.69. The van der Waals surface area contributed by atoms with Crippen molar-refractivity contribution in [3.8, 4) is 11.8 Å². The fourth-order valence-corrected chi connectivity index (χ4v) is 2.09. The van der Waals surface area contributed by atoms with E-state index in [1.807, 2.05) is 0 Å². The highest BCUT2D eigenvalue weighted by Gasteiger charge is 2.36. The monoisotopic (exact) mass is 150 g/mol. The predicted octanol–water partition coefficient (Wildman–Crippen LogP) is 3.08. The second kappa shape index (κ2) is 2.89. The molecule has 0 bridgehead atoms. The van der Waals surface area contributed by atoms with Gasteiger partial charge in [-0.05, 0) is 18.3 Å². The molecule has 0 N–H and O–H groups in total. The number of rotatable bonds is 2. The summed E-state index contributed by atoms with van der Waals surface area (Å²) in [4.78, 5) is 0. The highest BCUT2D eigenvalue weighted by atomic mass is 14.4. The van der Waals surface area contributed by atoms with Gasteiger partial charge in [0, 0.05) is 11.8 Å². The van der Waals surface area contributed by atoms with Crippen LogP contribution in [0.5, 0.6) is 0 Å². The maximum atomic E-state index is 3.42. The van der Waals surface area contributed by atoms with Crippen LogP contribution < -0.4 is 0 Å². The molecule has 0 nitrogen and oxygen atoms in total. The molecule has 1 aliphatic carbocycles. The van der Waals surface area contributed by atoms with E-state index < -0.39 is 0 Å². The van der Waals surface area contributed by atoms with E-state index in [1.165, 1.54) is 6.42 Å². The molecule has 0 heteroatoms. The first-order valence-corrected chi connectivity index (χ1v) is 4.59. The summed E-state index contributed by atoms with van der Waals surface area (Å²) >= 11 is 0. The van der Waals surface area contributed by atoms with Gasteiger partial charge in [0.25, 0.3) is 0 Å². The highest BCUT2D eigenvalue weighted by molar-refractivity contribution is 5.20. The molecule has 0 spiro atoms. The lowest BCUT2D eigenvalue weighted by Crippen LogP contribution is -2.29. The summed E-state index contributed by atoms with van der Waals surface area (Å²) in [5.41, 5.74) is 0.333. The minimum absolute atomic E-state index is 0.333. The van der Waals surface area contributed by atoms with Gasteiger partial charge in [-0.3, -0.25) is 0 Å². The summed E-state index contributed by atoms with van der Waals surface area (Å²) in [6.07, 6.45) is 2.36. The molecule has 0 amide bonds. The summed E-state index contributed by atoms with van der Waals surface area (Å²) in [6.45, 7) is 9.17. The lowest BCUT2D eigenvalue weighted by molar-refractivity contribution is 0.187. The van der Waals surface area contributed by atoms with Crippen LogP contribution in [-0.2, 0) is 0 Å². The Kier molecular flexibility index (Phi) is 2.28. The Labute approximate surface area is 70.4 Å². The Hall–Kier alpha value is -0.440. The van der Waals surface area contributed by atoms with E-state index in [4.69, 9.17) is 0 Å². The first-order chi connectivity index (χ1) is 5.09. The average Bonchev–Trinajstić information content (AvgIpc) is 2.34. The highest BCUT2D eigenvalue weighted by Crippen LogP contribution is 2.41. The van der Waals surface area contributed by atoms with Crippen molar-refractivity contribution in [2.24, 2.45) is 17.3 Å². The second-order valence-electron chi connectivity index (χ2n) is 4.15. The van der Waals surface area contributed by atoms with Gasteiger partial charge in [-0.15, -0.1) is 5.92 Å². The summed E-state index contributed by atoms with van der Waals surface area (Å²) in [5.74, 6) is 8.06. The fourth-order valence-electron chi connectivity index (χ4n) is 2.09. The van der Waals surface area contributed by atoms with Crippen LogP contribution in [-0.4, -0.2) is 0 Å². The molecule has 1 aliphatic rings. The Morgan fingerprint density at radius 1 is 1.09 bits per heavy atom. The summed E-state index contributed by atoms with van der Waals surface area (Å²) in [5, 5.41) is 0. The molecule has 0 heterocycles. The molecule has 0 aromatic carbocycles. The Bertz CT molecular complexity index is 180. The lowest BCUT2D eigenvalue weighted by Gasteiger charge is -2.34. The summed E-state index contributed by atoms with van der Waals surface area (Å²) in [6, 6.07) is 0. The van der Waals surface area contributed by atoms with Crippen LogP contribution in [0, 0.1) is 29.1 Å². The molecular formula is C11H18. The molecule has 0 aliphatic heterocycles. The molecular weight excluding hydrogens is 132 g/mol. The molecule has 0 aromatic rings. The number of hydrogen-bond donors (Lipinski definition) is 0. The topological polar surface area (TPSA) is 0 Å². The first-order valence-electron chi connectivity index (χ1n) is 4.59. The Morgan fingerprint density at radius 3 is 1.82 bits per heavy atom. The summed E-state index contributed by atoms with van der Waals surface area (Å²) in [7, 11) is 0. The molecule has 0 saturated heterocycles. The standard InChI is InChI=1S/C11H18/c1-9(2)11(10(3)4)7-5-6-8-11/h9-10H,5,7H2,1-4H3. The zero-order chi connectivity index (χ0) is 8.48. The largest absolute Gasteiger partial charge is 0.103 e. The van der Waals surface area contributed by atoms with Gasteiger partial charge in [0.15, 0.2) is 0 Å². The van der Waals surface area contributed by atoms with E-state index in [2.05, 4.69) is 39.5 Å². The second-order valence-corrected chi connectivity index (χ2v) is 4.15. The first kappa shape index (κ1) is 8.65. The third kappa shape index (κ3) is 1.29. The van der Waals surface area contributed by atoms with E-state index in [9.17, 15) is 0 Å². The van der Waals surface area contributed by atoms with Crippen LogP contribution in [0.3, 0.4) is 0 Å². The van der Waals surface area contributed by atoms with Crippen molar-refractivity contribution >= 4 is 0 Å². The molecule has 62 valence electrons. The van der Waals surface area contributed by atoms with Crippen LogP contribution in [0.1, 0.15) is 40.5 Å². The van der Waals surface area contributed by atoms with Gasteiger partial charge >= 0.3 is 0 Å². The molecule has 0 unspecified atom stereocenters.